The van der Waals surface area contributed by atoms with Crippen molar-refractivity contribution in [1.82, 2.24) is 5.32 Å². The lowest BCUT2D eigenvalue weighted by molar-refractivity contribution is -0.862. The quantitative estimate of drug-likeness (QED) is 0.596. The van der Waals surface area contributed by atoms with Crippen LogP contribution in [0.25, 0.3) is 0 Å². The summed E-state index contributed by atoms with van der Waals surface area (Å²) in [6.45, 7) is 3.95. The Morgan fingerprint density at radius 2 is 1.70 bits per heavy atom. The molecule has 128 valence electrons. The summed E-state index contributed by atoms with van der Waals surface area (Å²) in [4.78, 5) is 24.5. The Morgan fingerprint density at radius 3 is 2.26 bits per heavy atom. The van der Waals surface area contributed by atoms with Crippen molar-refractivity contribution in [2.45, 2.75) is 24.8 Å². The molecule has 3 N–H and O–H groups in total. The number of carbonyl (C=O) groups is 2. The van der Waals surface area contributed by atoms with Crippen LogP contribution in [-0.2, 0) is 19.4 Å². The maximum absolute atomic E-state index is 12.0. The van der Waals surface area contributed by atoms with E-state index < -0.39 is 9.84 Å². The first-order valence-corrected chi connectivity index (χ1v) is 9.18. The molecule has 1 aromatic rings. The summed E-state index contributed by atoms with van der Waals surface area (Å²) < 4.78 is 23.4. The van der Waals surface area contributed by atoms with E-state index in [1.807, 2.05) is 13.8 Å². The minimum Gasteiger partial charge on any atom is -0.349 e. The molecular formula is C15H24N3O4S+. The van der Waals surface area contributed by atoms with Gasteiger partial charge in [-0.15, -0.1) is 0 Å². The van der Waals surface area contributed by atoms with Crippen LogP contribution in [0, 0.1) is 0 Å². The minimum absolute atomic E-state index is 0.0470. The zero-order chi connectivity index (χ0) is 17.6. The summed E-state index contributed by atoms with van der Waals surface area (Å²) in [5.74, 6) is -0.488. The molecule has 0 radical (unpaired) electrons. The van der Waals surface area contributed by atoms with Crippen LogP contribution in [-0.4, -0.2) is 52.7 Å². The Kier molecular flexibility index (Phi) is 6.71. The number of carbonyl (C=O) groups excluding carboxylic acids is 2. The molecule has 0 aliphatic rings. The summed E-state index contributed by atoms with van der Waals surface area (Å²) in [7, 11) is -1.70. The Hall–Kier alpha value is -1.93. The summed E-state index contributed by atoms with van der Waals surface area (Å²) >= 11 is 0. The van der Waals surface area contributed by atoms with Gasteiger partial charge in [-0.25, -0.2) is 8.42 Å². The smallest absolute Gasteiger partial charge is 0.279 e. The molecule has 0 saturated heterocycles. The number of nitrogens with one attached hydrogen (secondary N) is 3. The van der Waals surface area contributed by atoms with Crippen LogP contribution in [0.2, 0.25) is 0 Å². The fourth-order valence-electron chi connectivity index (χ4n) is 2.07. The molecule has 0 heterocycles. The lowest BCUT2D eigenvalue weighted by atomic mass is 10.3. The van der Waals surface area contributed by atoms with Gasteiger partial charge in [0, 0.05) is 12.3 Å². The first-order chi connectivity index (χ1) is 10.6. The lowest BCUT2D eigenvalue weighted by Crippen LogP contribution is -3.11. The number of sulfone groups is 1. The highest BCUT2D eigenvalue weighted by Gasteiger charge is 2.18. The summed E-state index contributed by atoms with van der Waals surface area (Å²) in [5, 5.41) is 5.35. The summed E-state index contributed by atoms with van der Waals surface area (Å²) in [5.41, 5.74) is 0.249. The van der Waals surface area contributed by atoms with Gasteiger partial charge in [0.2, 0.25) is 0 Å². The average molecular weight is 342 g/mol. The van der Waals surface area contributed by atoms with Crippen molar-refractivity contribution in [3.8, 4) is 0 Å². The van der Waals surface area contributed by atoms with Gasteiger partial charge in [0.1, 0.15) is 0 Å². The molecule has 1 atom stereocenters. The molecule has 0 fully saturated rings. The molecule has 1 aromatic carbocycles. The normalized spacial score (nSPS) is 12.7. The van der Waals surface area contributed by atoms with Gasteiger partial charge in [0.25, 0.3) is 11.8 Å². The third kappa shape index (κ3) is 6.79. The Morgan fingerprint density at radius 1 is 1.13 bits per heavy atom. The predicted molar refractivity (Wildman–Crippen MR) is 88.1 cm³/mol. The average Bonchev–Trinajstić information content (AvgIpc) is 2.36. The van der Waals surface area contributed by atoms with Gasteiger partial charge in [-0.1, -0.05) is 12.1 Å². The minimum atomic E-state index is -3.43. The van der Waals surface area contributed by atoms with Gasteiger partial charge in [0.05, 0.1) is 17.6 Å². The maximum atomic E-state index is 12.0. The Labute approximate surface area is 137 Å². The van der Waals surface area contributed by atoms with E-state index in [-0.39, 0.29) is 41.5 Å². The molecule has 8 heteroatoms. The fourth-order valence-corrected chi connectivity index (χ4v) is 2.92. The fraction of sp³-hybridized carbons (Fsp3) is 0.467. The summed E-state index contributed by atoms with van der Waals surface area (Å²) in [6.07, 6.45) is 1.09. The molecule has 0 aliphatic heterocycles. The molecule has 1 unspecified atom stereocenters. The monoisotopic (exact) mass is 342 g/mol. The number of anilines is 1. The van der Waals surface area contributed by atoms with Gasteiger partial charge < -0.3 is 15.5 Å². The number of para-hydroxylation sites is 1. The molecule has 7 nitrogen and oxygen atoms in total. The zero-order valence-electron chi connectivity index (χ0n) is 13.8. The number of likely N-dealkylation sites (N-methyl/N-ethyl adjacent to an activating group) is 1. The van der Waals surface area contributed by atoms with Gasteiger partial charge in [-0.2, -0.15) is 0 Å². The van der Waals surface area contributed by atoms with Crippen molar-refractivity contribution in [2.24, 2.45) is 0 Å². The molecular weight excluding hydrogens is 318 g/mol. The molecule has 0 aromatic heterocycles. The standard InChI is InChI=1S/C15H23N3O4S/c1-11(2)16-14(19)9-18(3)10-15(20)17-12-7-5-6-8-13(12)23(4,21)22/h5-8,11H,9-10H2,1-4H3,(H,16,19)(H,17,20)/p+1. The van der Waals surface area contributed by atoms with Crippen molar-refractivity contribution in [1.29, 1.82) is 0 Å². The van der Waals surface area contributed by atoms with Crippen molar-refractivity contribution >= 4 is 27.3 Å². The maximum Gasteiger partial charge on any atom is 0.279 e. The van der Waals surface area contributed by atoms with Gasteiger partial charge in [-0.3, -0.25) is 9.59 Å². The van der Waals surface area contributed by atoms with E-state index in [1.165, 1.54) is 12.1 Å². The summed E-state index contributed by atoms with van der Waals surface area (Å²) in [6, 6.07) is 6.27. The highest BCUT2D eigenvalue weighted by Crippen LogP contribution is 2.20. The van der Waals surface area contributed by atoms with Crippen LogP contribution < -0.4 is 15.5 Å². The second-order valence-corrected chi connectivity index (χ2v) is 7.83. The van der Waals surface area contributed by atoms with Crippen LogP contribution >= 0.6 is 0 Å². The van der Waals surface area contributed by atoms with E-state index in [0.717, 1.165) is 6.26 Å². The van der Waals surface area contributed by atoms with E-state index in [0.29, 0.717) is 4.90 Å². The molecule has 0 spiro atoms. The van der Waals surface area contributed by atoms with Crippen LogP contribution in [0.3, 0.4) is 0 Å². The number of amides is 2. The lowest BCUT2D eigenvalue weighted by Gasteiger charge is -2.15. The van der Waals surface area contributed by atoms with Crippen LogP contribution in [0.15, 0.2) is 29.2 Å². The van der Waals surface area contributed by atoms with Crippen molar-refractivity contribution in [2.75, 3.05) is 31.7 Å². The van der Waals surface area contributed by atoms with Crippen molar-refractivity contribution in [3.63, 3.8) is 0 Å². The van der Waals surface area contributed by atoms with E-state index >= 15 is 0 Å². The SMILES string of the molecule is CC(C)NC(=O)C[NH+](C)CC(=O)Nc1ccccc1S(C)(=O)=O. The number of quaternary nitrogens is 1. The predicted octanol–water partition coefficient (Wildman–Crippen LogP) is -0.932. The molecule has 0 bridgehead atoms. The van der Waals surface area contributed by atoms with Crippen LogP contribution in [0.1, 0.15) is 13.8 Å². The Bertz CT molecular complexity index is 671. The Balaban J connectivity index is 2.66. The largest absolute Gasteiger partial charge is 0.349 e. The zero-order valence-corrected chi connectivity index (χ0v) is 14.7. The molecule has 2 amide bonds. The van der Waals surface area contributed by atoms with Crippen LogP contribution in [0.4, 0.5) is 5.69 Å². The molecule has 1 rings (SSSR count). The first-order valence-electron chi connectivity index (χ1n) is 7.29. The third-order valence-corrected chi connectivity index (χ3v) is 4.09. The number of hydrogen-bond acceptors (Lipinski definition) is 4. The third-order valence-electron chi connectivity index (χ3n) is 2.93. The van der Waals surface area contributed by atoms with Gasteiger partial charge in [0.15, 0.2) is 22.9 Å². The van der Waals surface area contributed by atoms with Gasteiger partial charge in [-0.05, 0) is 26.0 Å². The van der Waals surface area contributed by atoms with Crippen molar-refractivity contribution < 1.29 is 22.9 Å². The second kappa shape index (κ2) is 8.07. The number of benzene rings is 1. The van der Waals surface area contributed by atoms with Crippen LogP contribution in [0.5, 0.6) is 0 Å². The molecule has 0 aliphatic carbocycles. The van der Waals surface area contributed by atoms with E-state index in [1.54, 1.807) is 19.2 Å². The topological polar surface area (TPSA) is 96.8 Å². The molecule has 0 saturated carbocycles. The van der Waals surface area contributed by atoms with E-state index in [2.05, 4.69) is 10.6 Å². The van der Waals surface area contributed by atoms with E-state index in [9.17, 15) is 18.0 Å². The first kappa shape index (κ1) is 19.1. The number of hydrogen-bond donors (Lipinski definition) is 3. The second-order valence-electron chi connectivity index (χ2n) is 5.85. The highest BCUT2D eigenvalue weighted by atomic mass is 32.2. The molecule has 23 heavy (non-hydrogen) atoms. The van der Waals surface area contributed by atoms with Gasteiger partial charge >= 0.3 is 0 Å². The highest BCUT2D eigenvalue weighted by molar-refractivity contribution is 7.90. The van der Waals surface area contributed by atoms with Crippen molar-refractivity contribution in [3.05, 3.63) is 24.3 Å². The number of rotatable bonds is 7. The van der Waals surface area contributed by atoms with E-state index in [4.69, 9.17) is 0 Å².